The van der Waals surface area contributed by atoms with Crippen LogP contribution in [-0.4, -0.2) is 21.9 Å². The quantitative estimate of drug-likeness (QED) is 0.627. The van der Waals surface area contributed by atoms with E-state index in [9.17, 15) is 4.79 Å². The summed E-state index contributed by atoms with van der Waals surface area (Å²) in [6.45, 7) is 1.88. The molecule has 0 aliphatic carbocycles. The van der Waals surface area contributed by atoms with Crippen molar-refractivity contribution in [3.8, 4) is 0 Å². The van der Waals surface area contributed by atoms with Gasteiger partial charge in [0.05, 0.1) is 18.0 Å². The zero-order chi connectivity index (χ0) is 17.8. The lowest BCUT2D eigenvalue weighted by Crippen LogP contribution is -2.28. The minimum Gasteiger partial charge on any atom is -0.349 e. The second-order valence-corrected chi connectivity index (χ2v) is 7.29. The summed E-state index contributed by atoms with van der Waals surface area (Å²) < 4.78 is 0. The lowest BCUT2D eigenvalue weighted by atomic mass is 10.1. The number of thioether (sulfide) groups is 1. The Morgan fingerprint density at radius 2 is 2.04 bits per heavy atom. The molecule has 0 saturated heterocycles. The van der Waals surface area contributed by atoms with Gasteiger partial charge in [0.1, 0.15) is 5.03 Å². The van der Waals surface area contributed by atoms with E-state index in [4.69, 9.17) is 23.2 Å². The molecule has 4 nitrogen and oxygen atoms in total. The van der Waals surface area contributed by atoms with Crippen molar-refractivity contribution in [2.24, 2.45) is 0 Å². The third-order valence-electron chi connectivity index (χ3n) is 3.68. The Balaban J connectivity index is 1.64. The molecule has 7 heteroatoms. The molecule has 0 radical (unpaired) electrons. The molecule has 1 heterocycles. The molecule has 0 aliphatic rings. The number of benzene rings is 2. The second kappa shape index (κ2) is 8.04. The molecule has 2 aromatic carbocycles. The van der Waals surface area contributed by atoms with Gasteiger partial charge in [0.2, 0.25) is 5.91 Å². The lowest BCUT2D eigenvalue weighted by molar-refractivity contribution is -0.119. The van der Waals surface area contributed by atoms with Crippen LogP contribution in [0, 0.1) is 0 Å². The topological polar surface area (TPSA) is 54.9 Å². The van der Waals surface area contributed by atoms with Gasteiger partial charge in [0, 0.05) is 20.8 Å². The van der Waals surface area contributed by atoms with Crippen molar-refractivity contribution in [2.45, 2.75) is 18.0 Å². The number of hydrogen-bond donors (Lipinski definition) is 1. The number of fused-ring (bicyclic) bond motifs is 1. The Labute approximate surface area is 159 Å². The first-order valence-electron chi connectivity index (χ1n) is 7.62. The van der Waals surface area contributed by atoms with Gasteiger partial charge in [-0.25, -0.2) is 0 Å². The van der Waals surface area contributed by atoms with Crippen molar-refractivity contribution in [1.29, 1.82) is 0 Å². The molecular formula is C18H15Cl2N3OS. The number of amides is 1. The first kappa shape index (κ1) is 18.0. The molecule has 1 N–H and O–H groups in total. The van der Waals surface area contributed by atoms with Crippen LogP contribution < -0.4 is 5.32 Å². The molecule has 1 atom stereocenters. The number of hydrogen-bond acceptors (Lipinski definition) is 4. The van der Waals surface area contributed by atoms with Crippen molar-refractivity contribution in [2.75, 3.05) is 5.75 Å². The minimum absolute atomic E-state index is 0.0988. The highest BCUT2D eigenvalue weighted by Crippen LogP contribution is 2.27. The molecule has 0 bridgehead atoms. The fraction of sp³-hybridized carbons (Fsp3) is 0.167. The van der Waals surface area contributed by atoms with E-state index < -0.39 is 0 Å². The van der Waals surface area contributed by atoms with E-state index >= 15 is 0 Å². The first-order chi connectivity index (χ1) is 12.0. The van der Waals surface area contributed by atoms with Gasteiger partial charge >= 0.3 is 0 Å². The molecule has 1 unspecified atom stereocenters. The van der Waals surface area contributed by atoms with Gasteiger partial charge in [-0.3, -0.25) is 4.79 Å². The molecule has 0 fully saturated rings. The molecule has 3 rings (SSSR count). The Morgan fingerprint density at radius 3 is 2.84 bits per heavy atom. The average molecular weight is 392 g/mol. The number of halogens is 2. The number of nitrogens with one attached hydrogen (secondary N) is 1. The highest BCUT2D eigenvalue weighted by molar-refractivity contribution is 8.00. The summed E-state index contributed by atoms with van der Waals surface area (Å²) >= 11 is 13.5. The molecule has 25 heavy (non-hydrogen) atoms. The fourth-order valence-electron chi connectivity index (χ4n) is 2.46. The summed E-state index contributed by atoms with van der Waals surface area (Å²) in [6.07, 6.45) is 1.71. The molecule has 3 aromatic rings. The van der Waals surface area contributed by atoms with Crippen LogP contribution in [0.3, 0.4) is 0 Å². The Hall–Kier alpha value is -1.82. The number of nitrogens with zero attached hydrogens (tertiary/aromatic N) is 2. The Morgan fingerprint density at radius 1 is 1.24 bits per heavy atom. The van der Waals surface area contributed by atoms with Gasteiger partial charge in [-0.05, 0) is 24.6 Å². The average Bonchev–Trinajstić information content (AvgIpc) is 2.59. The molecule has 1 aromatic heterocycles. The van der Waals surface area contributed by atoms with Crippen molar-refractivity contribution < 1.29 is 4.79 Å². The van der Waals surface area contributed by atoms with E-state index in [1.165, 1.54) is 11.8 Å². The van der Waals surface area contributed by atoms with Gasteiger partial charge in [0.15, 0.2) is 0 Å². The Kier molecular flexibility index (Phi) is 5.78. The largest absolute Gasteiger partial charge is 0.349 e. The zero-order valence-corrected chi connectivity index (χ0v) is 15.7. The first-order valence-corrected chi connectivity index (χ1v) is 9.36. The molecular weight excluding hydrogens is 377 g/mol. The van der Waals surface area contributed by atoms with Crippen LogP contribution in [0.4, 0.5) is 0 Å². The van der Waals surface area contributed by atoms with Crippen LogP contribution in [0.1, 0.15) is 18.5 Å². The number of rotatable bonds is 5. The van der Waals surface area contributed by atoms with E-state index in [1.807, 2.05) is 37.3 Å². The van der Waals surface area contributed by atoms with E-state index in [-0.39, 0.29) is 17.7 Å². The van der Waals surface area contributed by atoms with Gasteiger partial charge in [-0.15, -0.1) is 5.10 Å². The van der Waals surface area contributed by atoms with E-state index in [0.717, 1.165) is 21.4 Å². The number of carbonyl (C=O) groups excluding carboxylic acids is 1. The molecule has 1 amide bonds. The van der Waals surface area contributed by atoms with Crippen molar-refractivity contribution in [3.05, 3.63) is 64.3 Å². The molecule has 128 valence electrons. The smallest absolute Gasteiger partial charge is 0.230 e. The maximum atomic E-state index is 12.3. The normalized spacial score (nSPS) is 12.1. The predicted molar refractivity (Wildman–Crippen MR) is 103 cm³/mol. The number of aromatic nitrogens is 2. The fourth-order valence-corrected chi connectivity index (χ4v) is 3.83. The van der Waals surface area contributed by atoms with Crippen LogP contribution >= 0.6 is 35.0 Å². The van der Waals surface area contributed by atoms with Crippen LogP contribution in [0.2, 0.25) is 10.0 Å². The lowest BCUT2D eigenvalue weighted by Gasteiger charge is -2.16. The van der Waals surface area contributed by atoms with E-state index in [2.05, 4.69) is 15.5 Å². The van der Waals surface area contributed by atoms with Crippen molar-refractivity contribution in [3.63, 3.8) is 0 Å². The second-order valence-electron chi connectivity index (χ2n) is 5.48. The summed E-state index contributed by atoms with van der Waals surface area (Å²) in [5.74, 6) is 0.149. The van der Waals surface area contributed by atoms with E-state index in [0.29, 0.717) is 10.0 Å². The van der Waals surface area contributed by atoms with Crippen LogP contribution in [-0.2, 0) is 4.79 Å². The SMILES string of the molecule is CC(NC(=O)CSc1nncc2ccccc12)c1ccc(Cl)cc1Cl. The summed E-state index contributed by atoms with van der Waals surface area (Å²) in [5.41, 5.74) is 0.828. The predicted octanol–water partition coefficient (Wildman–Crippen LogP) is 4.91. The summed E-state index contributed by atoms with van der Waals surface area (Å²) in [4.78, 5) is 12.3. The van der Waals surface area contributed by atoms with Crippen molar-refractivity contribution in [1.82, 2.24) is 15.5 Å². The zero-order valence-electron chi connectivity index (χ0n) is 13.4. The minimum atomic E-state index is -0.212. The van der Waals surface area contributed by atoms with Crippen molar-refractivity contribution >= 4 is 51.6 Å². The van der Waals surface area contributed by atoms with Gasteiger partial charge < -0.3 is 5.32 Å². The Bertz CT molecular complexity index is 914. The highest BCUT2D eigenvalue weighted by atomic mass is 35.5. The maximum absolute atomic E-state index is 12.3. The molecule has 0 saturated carbocycles. The summed E-state index contributed by atoms with van der Waals surface area (Å²) in [7, 11) is 0. The van der Waals surface area contributed by atoms with Gasteiger partial charge in [-0.1, -0.05) is 65.3 Å². The number of carbonyl (C=O) groups is 1. The standard InChI is InChI=1S/C18H15Cl2N3OS/c1-11(14-7-6-13(19)8-16(14)20)22-17(24)10-25-18-15-5-3-2-4-12(15)9-21-23-18/h2-9,11H,10H2,1H3,(H,22,24). The third kappa shape index (κ3) is 4.42. The maximum Gasteiger partial charge on any atom is 0.230 e. The highest BCUT2D eigenvalue weighted by Gasteiger charge is 2.14. The van der Waals surface area contributed by atoms with Crippen LogP contribution in [0.5, 0.6) is 0 Å². The van der Waals surface area contributed by atoms with Gasteiger partial charge in [0.25, 0.3) is 0 Å². The third-order valence-corrected chi connectivity index (χ3v) is 5.23. The van der Waals surface area contributed by atoms with E-state index in [1.54, 1.807) is 18.3 Å². The van der Waals surface area contributed by atoms with Crippen LogP contribution in [0.25, 0.3) is 10.8 Å². The summed E-state index contributed by atoms with van der Waals surface area (Å²) in [6, 6.07) is 12.9. The van der Waals surface area contributed by atoms with Crippen LogP contribution in [0.15, 0.2) is 53.7 Å². The molecule has 0 aliphatic heterocycles. The summed E-state index contributed by atoms with van der Waals surface area (Å²) in [5, 5.41) is 14.9. The van der Waals surface area contributed by atoms with Gasteiger partial charge in [-0.2, -0.15) is 5.10 Å². The monoisotopic (exact) mass is 391 g/mol. The molecule has 0 spiro atoms.